The van der Waals surface area contributed by atoms with Crippen LogP contribution in [0.3, 0.4) is 0 Å². The fourth-order valence-corrected chi connectivity index (χ4v) is 1.74. The number of primary amides is 1. The number of methoxy groups -OCH3 is 1. The van der Waals surface area contributed by atoms with Gasteiger partial charge in [0.05, 0.1) is 19.6 Å². The molecular formula is C12H22N2O5. The number of esters is 1. The highest BCUT2D eigenvalue weighted by Crippen LogP contribution is 2.19. The van der Waals surface area contributed by atoms with E-state index in [0.29, 0.717) is 0 Å². The summed E-state index contributed by atoms with van der Waals surface area (Å²) in [5, 5.41) is 10.0. The molecule has 0 heterocycles. The van der Waals surface area contributed by atoms with Crippen molar-refractivity contribution in [3.05, 3.63) is 0 Å². The van der Waals surface area contributed by atoms with Gasteiger partial charge in [-0.15, -0.1) is 0 Å². The van der Waals surface area contributed by atoms with Crippen LogP contribution in [0.15, 0.2) is 0 Å². The predicted octanol–water partition coefficient (Wildman–Crippen LogP) is 0.110. The van der Waals surface area contributed by atoms with Crippen LogP contribution in [0.2, 0.25) is 0 Å². The highest BCUT2D eigenvalue weighted by atomic mass is 16.5. The van der Waals surface area contributed by atoms with Crippen LogP contribution in [-0.4, -0.2) is 47.7 Å². The first-order valence-corrected chi connectivity index (χ1v) is 6.03. The summed E-state index contributed by atoms with van der Waals surface area (Å²) in [6.45, 7) is 4.63. The van der Waals surface area contributed by atoms with Gasteiger partial charge in [0.15, 0.2) is 0 Å². The van der Waals surface area contributed by atoms with E-state index in [1.54, 1.807) is 13.8 Å². The zero-order valence-corrected chi connectivity index (χ0v) is 11.8. The van der Waals surface area contributed by atoms with E-state index in [2.05, 4.69) is 4.74 Å². The van der Waals surface area contributed by atoms with Gasteiger partial charge in [0.1, 0.15) is 0 Å². The number of carbonyl (C=O) groups excluding carboxylic acids is 3. The van der Waals surface area contributed by atoms with Gasteiger partial charge < -0.3 is 15.6 Å². The van der Waals surface area contributed by atoms with Gasteiger partial charge in [-0.2, -0.15) is 0 Å². The monoisotopic (exact) mass is 274 g/mol. The van der Waals surface area contributed by atoms with Gasteiger partial charge in [-0.1, -0.05) is 13.8 Å². The van der Waals surface area contributed by atoms with E-state index in [0.717, 1.165) is 4.90 Å². The standard InChI is InChI=1S/C12H22N2O5/c1-7(2)11(17)9(5-10(16)19-4)6-14(8(3)15)12(13)18/h7,9,11,17H,5-6H2,1-4H3,(H2,13,18). The Morgan fingerprint density at radius 2 is 1.84 bits per heavy atom. The number of aliphatic hydroxyl groups excluding tert-OH is 1. The Balaban J connectivity index is 4.97. The summed E-state index contributed by atoms with van der Waals surface area (Å²) in [6.07, 6.45) is -0.937. The van der Waals surface area contributed by atoms with Crippen molar-refractivity contribution in [2.45, 2.75) is 33.3 Å². The molecule has 0 aromatic rings. The highest BCUT2D eigenvalue weighted by molar-refractivity contribution is 5.92. The third-order valence-electron chi connectivity index (χ3n) is 2.89. The molecular weight excluding hydrogens is 252 g/mol. The molecule has 3 N–H and O–H groups in total. The number of carbonyl (C=O) groups is 3. The molecule has 7 heteroatoms. The van der Waals surface area contributed by atoms with Crippen LogP contribution in [0.25, 0.3) is 0 Å². The van der Waals surface area contributed by atoms with Crippen molar-refractivity contribution >= 4 is 17.9 Å². The zero-order chi connectivity index (χ0) is 15.2. The third kappa shape index (κ3) is 5.69. The number of hydrogen-bond donors (Lipinski definition) is 2. The number of amides is 3. The topological polar surface area (TPSA) is 110 Å². The Morgan fingerprint density at radius 1 is 1.32 bits per heavy atom. The molecule has 0 saturated carbocycles. The fraction of sp³-hybridized carbons (Fsp3) is 0.750. The molecule has 3 amide bonds. The Bertz CT molecular complexity index is 329. The largest absolute Gasteiger partial charge is 0.469 e. The third-order valence-corrected chi connectivity index (χ3v) is 2.89. The summed E-state index contributed by atoms with van der Waals surface area (Å²) < 4.78 is 4.54. The minimum atomic E-state index is -0.904. The molecule has 0 bridgehead atoms. The van der Waals surface area contributed by atoms with Crippen LogP contribution < -0.4 is 5.73 Å². The number of imide groups is 1. The summed E-state index contributed by atoms with van der Waals surface area (Å²) in [5.41, 5.74) is 5.09. The van der Waals surface area contributed by atoms with Crippen LogP contribution in [0.5, 0.6) is 0 Å². The molecule has 7 nitrogen and oxygen atoms in total. The van der Waals surface area contributed by atoms with Crippen molar-refractivity contribution < 1.29 is 24.2 Å². The van der Waals surface area contributed by atoms with E-state index in [1.165, 1.54) is 14.0 Å². The van der Waals surface area contributed by atoms with Crippen molar-refractivity contribution in [3.63, 3.8) is 0 Å². The zero-order valence-electron chi connectivity index (χ0n) is 11.8. The van der Waals surface area contributed by atoms with Crippen LogP contribution in [-0.2, 0) is 14.3 Å². The molecule has 19 heavy (non-hydrogen) atoms. The van der Waals surface area contributed by atoms with E-state index >= 15 is 0 Å². The number of nitrogens with two attached hydrogens (primary N) is 1. The average Bonchev–Trinajstić information content (AvgIpc) is 2.31. The second-order valence-corrected chi connectivity index (χ2v) is 4.74. The van der Waals surface area contributed by atoms with Crippen molar-refractivity contribution in [1.29, 1.82) is 0 Å². The molecule has 2 atom stereocenters. The molecule has 0 aromatic carbocycles. The Labute approximate surface area is 112 Å². The molecule has 0 aliphatic carbocycles. The molecule has 0 fully saturated rings. The van der Waals surface area contributed by atoms with Gasteiger partial charge in [0.25, 0.3) is 0 Å². The number of hydrogen-bond acceptors (Lipinski definition) is 5. The van der Waals surface area contributed by atoms with Gasteiger partial charge >= 0.3 is 12.0 Å². The number of ether oxygens (including phenoxy) is 1. The van der Waals surface area contributed by atoms with E-state index in [1.807, 2.05) is 0 Å². The Hall–Kier alpha value is -1.63. The first kappa shape index (κ1) is 17.4. The van der Waals surface area contributed by atoms with Gasteiger partial charge in [-0.25, -0.2) is 4.79 Å². The second-order valence-electron chi connectivity index (χ2n) is 4.74. The van der Waals surface area contributed by atoms with Crippen LogP contribution in [0.1, 0.15) is 27.2 Å². The summed E-state index contributed by atoms with van der Waals surface area (Å²) >= 11 is 0. The molecule has 0 radical (unpaired) electrons. The minimum Gasteiger partial charge on any atom is -0.469 e. The lowest BCUT2D eigenvalue weighted by Gasteiger charge is -2.28. The first-order chi connectivity index (χ1) is 8.70. The maximum Gasteiger partial charge on any atom is 0.321 e. The maximum atomic E-state index is 11.3. The number of nitrogens with zero attached hydrogens (tertiary/aromatic N) is 1. The van der Waals surface area contributed by atoms with E-state index in [4.69, 9.17) is 5.73 Å². The number of urea groups is 1. The fourth-order valence-electron chi connectivity index (χ4n) is 1.74. The van der Waals surface area contributed by atoms with Crippen molar-refractivity contribution in [1.82, 2.24) is 4.90 Å². The molecule has 0 aliphatic heterocycles. The molecule has 0 saturated heterocycles. The quantitative estimate of drug-likeness (QED) is 0.668. The summed E-state index contributed by atoms with van der Waals surface area (Å²) in [5.74, 6) is -1.78. The van der Waals surface area contributed by atoms with Crippen LogP contribution in [0, 0.1) is 11.8 Å². The van der Waals surface area contributed by atoms with Gasteiger partial charge in [-0.05, 0) is 5.92 Å². The Kier molecular flexibility index (Phi) is 7.06. The van der Waals surface area contributed by atoms with E-state index in [-0.39, 0.29) is 18.9 Å². The molecule has 0 rings (SSSR count). The number of rotatable bonds is 6. The molecule has 2 unspecified atom stereocenters. The van der Waals surface area contributed by atoms with E-state index in [9.17, 15) is 19.5 Å². The predicted molar refractivity (Wildman–Crippen MR) is 67.9 cm³/mol. The van der Waals surface area contributed by atoms with E-state index < -0.39 is 29.9 Å². The minimum absolute atomic E-state index is 0.0904. The lowest BCUT2D eigenvalue weighted by molar-refractivity contribution is -0.144. The molecule has 0 aliphatic rings. The van der Waals surface area contributed by atoms with Crippen LogP contribution >= 0.6 is 0 Å². The summed E-state index contributed by atoms with van der Waals surface area (Å²) in [4.78, 5) is 34.6. The van der Waals surface area contributed by atoms with Crippen molar-refractivity contribution in [3.8, 4) is 0 Å². The molecule has 110 valence electrons. The Morgan fingerprint density at radius 3 is 2.16 bits per heavy atom. The highest BCUT2D eigenvalue weighted by Gasteiger charge is 2.29. The average molecular weight is 274 g/mol. The summed E-state index contributed by atoms with van der Waals surface area (Å²) in [7, 11) is 1.23. The van der Waals surface area contributed by atoms with Crippen LogP contribution in [0.4, 0.5) is 4.79 Å². The molecule has 0 spiro atoms. The maximum absolute atomic E-state index is 11.3. The normalized spacial score (nSPS) is 13.8. The van der Waals surface area contributed by atoms with Crippen molar-refractivity contribution in [2.75, 3.05) is 13.7 Å². The van der Waals surface area contributed by atoms with Crippen molar-refractivity contribution in [2.24, 2.45) is 17.6 Å². The SMILES string of the molecule is COC(=O)CC(CN(C(C)=O)C(N)=O)C(O)C(C)C. The lowest BCUT2D eigenvalue weighted by atomic mass is 9.90. The smallest absolute Gasteiger partial charge is 0.321 e. The summed E-state index contributed by atoms with van der Waals surface area (Å²) in [6, 6.07) is -0.904. The lowest BCUT2D eigenvalue weighted by Crippen LogP contribution is -2.46. The second kappa shape index (κ2) is 7.73. The van der Waals surface area contributed by atoms with Gasteiger partial charge in [0, 0.05) is 19.4 Å². The van der Waals surface area contributed by atoms with Gasteiger partial charge in [-0.3, -0.25) is 14.5 Å². The molecule has 0 aromatic heterocycles. The number of aliphatic hydroxyl groups is 1. The van der Waals surface area contributed by atoms with Gasteiger partial charge in [0.2, 0.25) is 5.91 Å². The first-order valence-electron chi connectivity index (χ1n) is 6.03.